The van der Waals surface area contributed by atoms with Crippen LogP contribution in [0.5, 0.6) is 5.75 Å². The standard InChI is InChI=1S/C23H26N4O3/c1-16-9-10-19(15-20(16)29-3)23(28)27-13-11-26(12-14-27)17(2)22-24-21(25-30-22)18-7-5-4-6-8-18/h4-10,15,17H,11-14H2,1-3H3. The Balaban J connectivity index is 1.38. The van der Waals surface area contributed by atoms with Crippen LogP contribution in [0.25, 0.3) is 11.4 Å². The van der Waals surface area contributed by atoms with Crippen molar-refractivity contribution < 1.29 is 14.1 Å². The van der Waals surface area contributed by atoms with Gasteiger partial charge in [0.25, 0.3) is 5.91 Å². The number of carbonyl (C=O) groups excluding carboxylic acids is 1. The summed E-state index contributed by atoms with van der Waals surface area (Å²) in [5.41, 5.74) is 2.61. The van der Waals surface area contributed by atoms with E-state index in [0.29, 0.717) is 30.4 Å². The van der Waals surface area contributed by atoms with Gasteiger partial charge in [0, 0.05) is 37.3 Å². The number of aryl methyl sites for hydroxylation is 1. The zero-order valence-electron chi connectivity index (χ0n) is 17.5. The minimum Gasteiger partial charge on any atom is -0.496 e. The highest BCUT2D eigenvalue weighted by Crippen LogP contribution is 2.25. The van der Waals surface area contributed by atoms with Crippen molar-refractivity contribution in [3.63, 3.8) is 0 Å². The fourth-order valence-corrected chi connectivity index (χ4v) is 3.71. The second kappa shape index (κ2) is 8.67. The van der Waals surface area contributed by atoms with Crippen LogP contribution in [0.4, 0.5) is 0 Å². The number of rotatable bonds is 5. The van der Waals surface area contributed by atoms with Crippen LogP contribution in [0.15, 0.2) is 53.1 Å². The Kier molecular flexibility index (Phi) is 5.81. The number of piperazine rings is 1. The third-order valence-electron chi connectivity index (χ3n) is 5.64. The van der Waals surface area contributed by atoms with Crippen LogP contribution in [0.2, 0.25) is 0 Å². The lowest BCUT2D eigenvalue weighted by Gasteiger charge is -2.36. The van der Waals surface area contributed by atoms with Crippen molar-refractivity contribution in [3.05, 3.63) is 65.5 Å². The number of benzene rings is 2. The molecule has 1 amide bonds. The fraction of sp³-hybridized carbons (Fsp3) is 0.348. The zero-order valence-corrected chi connectivity index (χ0v) is 17.5. The van der Waals surface area contributed by atoms with E-state index in [1.165, 1.54) is 0 Å². The molecule has 2 heterocycles. The maximum absolute atomic E-state index is 12.9. The predicted octanol–water partition coefficient (Wildman–Crippen LogP) is 3.57. The highest BCUT2D eigenvalue weighted by Gasteiger charge is 2.28. The van der Waals surface area contributed by atoms with Gasteiger partial charge in [0.15, 0.2) is 0 Å². The van der Waals surface area contributed by atoms with Crippen LogP contribution in [-0.4, -0.2) is 59.1 Å². The normalized spacial score (nSPS) is 15.8. The van der Waals surface area contributed by atoms with E-state index in [0.717, 1.165) is 30.0 Å². The maximum atomic E-state index is 12.9. The Morgan fingerprint density at radius 1 is 1.10 bits per heavy atom. The smallest absolute Gasteiger partial charge is 0.254 e. The van der Waals surface area contributed by atoms with Crippen molar-refractivity contribution in [3.8, 4) is 17.1 Å². The summed E-state index contributed by atoms with van der Waals surface area (Å²) < 4.78 is 10.9. The SMILES string of the molecule is COc1cc(C(=O)N2CCN(C(C)c3nc(-c4ccccc4)no3)CC2)ccc1C. The lowest BCUT2D eigenvalue weighted by atomic mass is 10.1. The Hall–Kier alpha value is -3.19. The van der Waals surface area contributed by atoms with Gasteiger partial charge in [0.1, 0.15) is 5.75 Å². The van der Waals surface area contributed by atoms with Crippen LogP contribution in [-0.2, 0) is 0 Å². The van der Waals surface area contributed by atoms with Crippen molar-refractivity contribution in [1.82, 2.24) is 19.9 Å². The van der Waals surface area contributed by atoms with Gasteiger partial charge in [-0.15, -0.1) is 0 Å². The molecule has 2 aromatic carbocycles. The minimum absolute atomic E-state index is 0.00770. The Morgan fingerprint density at radius 3 is 2.53 bits per heavy atom. The second-order valence-corrected chi connectivity index (χ2v) is 7.51. The van der Waals surface area contributed by atoms with Crippen LogP contribution in [0.3, 0.4) is 0 Å². The molecular weight excluding hydrogens is 380 g/mol. The average Bonchev–Trinajstić information content (AvgIpc) is 3.29. The van der Waals surface area contributed by atoms with Gasteiger partial charge in [0.2, 0.25) is 11.7 Å². The number of carbonyl (C=O) groups is 1. The van der Waals surface area contributed by atoms with Crippen molar-refractivity contribution in [2.75, 3.05) is 33.3 Å². The Morgan fingerprint density at radius 2 is 1.83 bits per heavy atom. The highest BCUT2D eigenvalue weighted by atomic mass is 16.5. The molecule has 156 valence electrons. The largest absolute Gasteiger partial charge is 0.496 e. The van der Waals surface area contributed by atoms with Crippen molar-refractivity contribution in [2.45, 2.75) is 19.9 Å². The van der Waals surface area contributed by atoms with Gasteiger partial charge in [-0.3, -0.25) is 9.69 Å². The molecule has 7 heteroatoms. The summed E-state index contributed by atoms with van der Waals surface area (Å²) in [6, 6.07) is 15.4. The van der Waals surface area contributed by atoms with Crippen molar-refractivity contribution in [2.24, 2.45) is 0 Å². The summed E-state index contributed by atoms with van der Waals surface area (Å²) in [6.45, 7) is 6.83. The van der Waals surface area contributed by atoms with Crippen LogP contribution in [0, 0.1) is 6.92 Å². The van der Waals surface area contributed by atoms with E-state index in [2.05, 4.69) is 22.0 Å². The molecule has 4 rings (SSSR count). The van der Waals surface area contributed by atoms with E-state index in [1.807, 2.05) is 60.4 Å². The summed E-state index contributed by atoms with van der Waals surface area (Å²) in [4.78, 5) is 21.6. The Bertz CT molecular complexity index is 1010. The zero-order chi connectivity index (χ0) is 21.1. The van der Waals surface area contributed by atoms with Gasteiger partial charge in [-0.05, 0) is 31.5 Å². The molecule has 0 N–H and O–H groups in total. The summed E-state index contributed by atoms with van der Waals surface area (Å²) in [5, 5.41) is 4.12. The number of hydrogen-bond donors (Lipinski definition) is 0. The molecule has 0 aliphatic carbocycles. The van der Waals surface area contributed by atoms with E-state index in [4.69, 9.17) is 9.26 Å². The van der Waals surface area contributed by atoms with Gasteiger partial charge in [0.05, 0.1) is 13.2 Å². The van der Waals surface area contributed by atoms with Crippen LogP contribution >= 0.6 is 0 Å². The van der Waals surface area contributed by atoms with Crippen molar-refractivity contribution >= 4 is 5.91 Å². The molecule has 30 heavy (non-hydrogen) atoms. The quantitative estimate of drug-likeness (QED) is 0.645. The molecule has 0 bridgehead atoms. The average molecular weight is 406 g/mol. The first-order chi connectivity index (χ1) is 14.6. The number of aromatic nitrogens is 2. The molecule has 1 saturated heterocycles. The third-order valence-corrected chi connectivity index (χ3v) is 5.64. The first kappa shape index (κ1) is 20.1. The predicted molar refractivity (Wildman–Crippen MR) is 113 cm³/mol. The minimum atomic E-state index is -0.00770. The topological polar surface area (TPSA) is 71.7 Å². The van der Waals surface area contributed by atoms with Crippen molar-refractivity contribution in [1.29, 1.82) is 0 Å². The van der Waals surface area contributed by atoms with Crippen LogP contribution in [0.1, 0.15) is 34.8 Å². The number of methoxy groups -OCH3 is 1. The van der Waals surface area contributed by atoms with Crippen LogP contribution < -0.4 is 4.74 Å². The molecule has 1 fully saturated rings. The second-order valence-electron chi connectivity index (χ2n) is 7.51. The molecule has 0 spiro atoms. The number of hydrogen-bond acceptors (Lipinski definition) is 6. The van der Waals surface area contributed by atoms with E-state index in [1.54, 1.807) is 7.11 Å². The summed E-state index contributed by atoms with van der Waals surface area (Å²) >= 11 is 0. The van der Waals surface area contributed by atoms with Gasteiger partial charge < -0.3 is 14.2 Å². The molecule has 0 radical (unpaired) electrons. The first-order valence-electron chi connectivity index (χ1n) is 10.1. The molecule has 3 aromatic rings. The van der Waals surface area contributed by atoms with Gasteiger partial charge in [-0.2, -0.15) is 4.98 Å². The maximum Gasteiger partial charge on any atom is 0.254 e. The van der Waals surface area contributed by atoms with E-state index < -0.39 is 0 Å². The first-order valence-corrected chi connectivity index (χ1v) is 10.1. The summed E-state index contributed by atoms with van der Waals surface area (Å²) in [6.07, 6.45) is 0. The summed E-state index contributed by atoms with van der Waals surface area (Å²) in [7, 11) is 1.62. The van der Waals surface area contributed by atoms with Gasteiger partial charge in [-0.25, -0.2) is 0 Å². The number of amides is 1. The van der Waals surface area contributed by atoms with E-state index in [-0.39, 0.29) is 11.9 Å². The molecule has 1 atom stereocenters. The number of nitrogens with zero attached hydrogens (tertiary/aromatic N) is 4. The Labute approximate surface area is 176 Å². The fourth-order valence-electron chi connectivity index (χ4n) is 3.71. The molecule has 7 nitrogen and oxygen atoms in total. The number of ether oxygens (including phenoxy) is 1. The molecule has 1 aliphatic rings. The monoisotopic (exact) mass is 406 g/mol. The lowest BCUT2D eigenvalue weighted by Crippen LogP contribution is -2.49. The molecule has 1 unspecified atom stereocenters. The van der Waals surface area contributed by atoms with Gasteiger partial charge >= 0.3 is 0 Å². The van der Waals surface area contributed by atoms with E-state index in [9.17, 15) is 4.79 Å². The highest BCUT2D eigenvalue weighted by molar-refractivity contribution is 5.94. The van der Waals surface area contributed by atoms with E-state index >= 15 is 0 Å². The molecule has 0 saturated carbocycles. The third kappa shape index (κ3) is 4.07. The lowest BCUT2D eigenvalue weighted by molar-refractivity contribution is 0.0551. The van der Waals surface area contributed by atoms with Gasteiger partial charge in [-0.1, -0.05) is 41.6 Å². The molecule has 1 aliphatic heterocycles. The molecular formula is C23H26N4O3. The summed E-state index contributed by atoms with van der Waals surface area (Å²) in [5.74, 6) is 1.96. The molecule has 1 aromatic heterocycles.